The maximum absolute atomic E-state index is 13.9. The van der Waals surface area contributed by atoms with Crippen molar-refractivity contribution in [2.45, 2.75) is 26.3 Å². The summed E-state index contributed by atoms with van der Waals surface area (Å²) in [6.45, 7) is 6.68. The molecule has 0 N–H and O–H groups in total. The number of ether oxygens (including phenoxy) is 1. The molecule has 2 aliphatic heterocycles. The van der Waals surface area contributed by atoms with Gasteiger partial charge < -0.3 is 14.5 Å². The third-order valence-electron chi connectivity index (χ3n) is 5.75. The van der Waals surface area contributed by atoms with Crippen LogP contribution in [-0.2, 0) is 16.0 Å². The number of benzene rings is 1. The summed E-state index contributed by atoms with van der Waals surface area (Å²) in [4.78, 5) is 16.8. The van der Waals surface area contributed by atoms with E-state index in [9.17, 15) is 9.18 Å². The van der Waals surface area contributed by atoms with E-state index in [4.69, 9.17) is 4.74 Å². The number of carbonyl (C=O) groups is 1. The van der Waals surface area contributed by atoms with Crippen molar-refractivity contribution in [3.05, 3.63) is 40.7 Å². The normalized spacial score (nSPS) is 23.8. The van der Waals surface area contributed by atoms with Crippen molar-refractivity contribution in [2.75, 3.05) is 38.3 Å². The molecule has 0 saturated carbocycles. The van der Waals surface area contributed by atoms with Gasteiger partial charge in [-0.25, -0.2) is 4.39 Å². The molecule has 2 aromatic rings. The number of hydrogen-bond acceptors (Lipinski definition) is 6. The van der Waals surface area contributed by atoms with Crippen LogP contribution in [-0.4, -0.2) is 54.4 Å². The number of aromatic nitrogens is 2. The summed E-state index contributed by atoms with van der Waals surface area (Å²) < 4.78 is 19.0. The Balaban J connectivity index is 1.57. The second-order valence-electron chi connectivity index (χ2n) is 8.38. The number of hydrogen-bond donors (Lipinski definition) is 0. The highest BCUT2D eigenvalue weighted by atomic mass is 32.1. The number of amides is 1. The minimum atomic E-state index is -0.276. The molecule has 0 unspecified atom stereocenters. The third-order valence-corrected chi connectivity index (χ3v) is 6.76. The maximum Gasteiger partial charge on any atom is 0.249 e. The minimum absolute atomic E-state index is 0.0437. The Hall–Kier alpha value is -2.06. The lowest BCUT2D eigenvalue weighted by atomic mass is 9.89. The van der Waals surface area contributed by atoms with E-state index in [1.165, 1.54) is 13.2 Å². The Bertz CT molecular complexity index is 874. The van der Waals surface area contributed by atoms with Crippen molar-refractivity contribution >= 4 is 22.4 Å². The molecule has 1 aromatic heterocycles. The average molecular weight is 419 g/mol. The summed E-state index contributed by atoms with van der Waals surface area (Å²) >= 11 is 1.66. The molecule has 1 amide bonds. The summed E-state index contributed by atoms with van der Waals surface area (Å²) in [7, 11) is 1.53. The van der Waals surface area contributed by atoms with Crippen molar-refractivity contribution in [1.82, 2.24) is 15.1 Å². The second-order valence-corrected chi connectivity index (χ2v) is 9.42. The number of likely N-dealkylation sites (tertiary alicyclic amines) is 1. The van der Waals surface area contributed by atoms with Gasteiger partial charge in [-0.1, -0.05) is 37.3 Å². The summed E-state index contributed by atoms with van der Waals surface area (Å²) in [5.41, 5.74) is 0.849. The highest BCUT2D eigenvalue weighted by Crippen LogP contribution is 2.46. The molecule has 0 radical (unpaired) electrons. The fourth-order valence-electron chi connectivity index (χ4n) is 4.59. The van der Waals surface area contributed by atoms with Crippen LogP contribution < -0.4 is 4.90 Å². The lowest BCUT2D eigenvalue weighted by molar-refractivity contribution is -0.136. The van der Waals surface area contributed by atoms with Gasteiger partial charge in [0, 0.05) is 45.0 Å². The topological polar surface area (TPSA) is 58.6 Å². The Morgan fingerprint density at radius 3 is 2.86 bits per heavy atom. The molecule has 3 heterocycles. The quantitative estimate of drug-likeness (QED) is 0.721. The van der Waals surface area contributed by atoms with Crippen LogP contribution in [0.4, 0.5) is 9.52 Å². The first-order chi connectivity index (χ1) is 14.0. The first-order valence-corrected chi connectivity index (χ1v) is 10.9. The van der Waals surface area contributed by atoms with Crippen molar-refractivity contribution in [3.63, 3.8) is 0 Å². The lowest BCUT2D eigenvalue weighted by Gasteiger charge is -2.29. The lowest BCUT2D eigenvalue weighted by Crippen LogP contribution is -2.37. The first-order valence-electron chi connectivity index (χ1n) is 10.1. The van der Waals surface area contributed by atoms with E-state index in [1.807, 2.05) is 11.0 Å². The van der Waals surface area contributed by atoms with Crippen LogP contribution >= 0.6 is 11.3 Å². The second kappa shape index (κ2) is 8.36. The molecule has 0 aliphatic carbocycles. The third kappa shape index (κ3) is 4.14. The van der Waals surface area contributed by atoms with Gasteiger partial charge >= 0.3 is 0 Å². The predicted molar refractivity (Wildman–Crippen MR) is 110 cm³/mol. The van der Waals surface area contributed by atoms with Crippen LogP contribution in [0, 0.1) is 23.6 Å². The number of rotatable bonds is 6. The van der Waals surface area contributed by atoms with Gasteiger partial charge in [-0.2, -0.15) is 0 Å². The van der Waals surface area contributed by atoms with Gasteiger partial charge in [0.05, 0.1) is 6.04 Å². The molecule has 1 aromatic carbocycles. The standard InChI is InChI=1S/C21H27FN4O2S/c1-13(2)7-18-23-24-21(29-18)25-9-15-10-26(19(27)12-28-3)20(17(15)11-25)14-5-4-6-16(22)8-14/h4-6,8,13,15,17,20H,7,9-12H2,1-3H3/t15-,17-,20+/m1/s1. The number of anilines is 1. The number of carbonyl (C=O) groups excluding carboxylic acids is 1. The maximum atomic E-state index is 13.9. The van der Waals surface area contributed by atoms with E-state index in [0.29, 0.717) is 18.4 Å². The van der Waals surface area contributed by atoms with Crippen molar-refractivity contribution in [1.29, 1.82) is 0 Å². The molecular weight excluding hydrogens is 391 g/mol. The van der Waals surface area contributed by atoms with E-state index in [2.05, 4.69) is 28.9 Å². The molecule has 8 heteroatoms. The van der Waals surface area contributed by atoms with Crippen molar-refractivity contribution in [2.24, 2.45) is 17.8 Å². The summed E-state index contributed by atoms with van der Waals surface area (Å²) in [6.07, 6.45) is 0.934. The van der Waals surface area contributed by atoms with E-state index in [1.54, 1.807) is 23.5 Å². The predicted octanol–water partition coefficient (Wildman–Crippen LogP) is 3.16. The van der Waals surface area contributed by atoms with Gasteiger partial charge in [0.1, 0.15) is 17.4 Å². The first kappa shape index (κ1) is 20.2. The van der Waals surface area contributed by atoms with Gasteiger partial charge in [-0.05, 0) is 23.6 Å². The van der Waals surface area contributed by atoms with Crippen LogP contribution in [0.2, 0.25) is 0 Å². The van der Waals surface area contributed by atoms with Crippen LogP contribution in [0.5, 0.6) is 0 Å². The van der Waals surface area contributed by atoms with Gasteiger partial charge in [0.2, 0.25) is 11.0 Å². The van der Waals surface area contributed by atoms with Crippen molar-refractivity contribution < 1.29 is 13.9 Å². The minimum Gasteiger partial charge on any atom is -0.375 e. The highest BCUT2D eigenvalue weighted by molar-refractivity contribution is 7.15. The molecule has 0 bridgehead atoms. The number of fused-ring (bicyclic) bond motifs is 1. The molecular formula is C21H27FN4O2S. The van der Waals surface area contributed by atoms with Gasteiger partial charge in [0.15, 0.2) is 0 Å². The fraction of sp³-hybridized carbons (Fsp3) is 0.571. The van der Waals surface area contributed by atoms with Crippen LogP contribution in [0.1, 0.15) is 30.5 Å². The van der Waals surface area contributed by atoms with E-state index in [0.717, 1.165) is 35.2 Å². The molecule has 29 heavy (non-hydrogen) atoms. The fourth-order valence-corrected chi connectivity index (χ4v) is 5.66. The Kier molecular flexibility index (Phi) is 5.83. The molecule has 2 saturated heterocycles. The molecule has 156 valence electrons. The smallest absolute Gasteiger partial charge is 0.249 e. The molecule has 2 aliphatic rings. The molecule has 2 fully saturated rings. The summed E-state index contributed by atoms with van der Waals surface area (Å²) in [6, 6.07) is 6.47. The van der Waals surface area contributed by atoms with Crippen molar-refractivity contribution in [3.8, 4) is 0 Å². The molecule has 4 rings (SSSR count). The van der Waals surface area contributed by atoms with Crippen LogP contribution in [0.3, 0.4) is 0 Å². The van der Waals surface area contributed by atoms with E-state index in [-0.39, 0.29) is 30.3 Å². The largest absolute Gasteiger partial charge is 0.375 e. The Morgan fingerprint density at radius 2 is 2.14 bits per heavy atom. The summed E-state index contributed by atoms with van der Waals surface area (Å²) in [5, 5.41) is 10.8. The Morgan fingerprint density at radius 1 is 1.31 bits per heavy atom. The SMILES string of the molecule is COCC(=O)N1C[C@H]2CN(c3nnc(CC(C)C)s3)C[C@H]2[C@@H]1c1cccc(F)c1. The highest BCUT2D eigenvalue weighted by Gasteiger charge is 2.49. The zero-order valence-corrected chi connectivity index (χ0v) is 17.9. The van der Waals surface area contributed by atoms with Crippen LogP contribution in [0.25, 0.3) is 0 Å². The number of nitrogens with zero attached hydrogens (tertiary/aromatic N) is 4. The van der Waals surface area contributed by atoms with Crippen LogP contribution in [0.15, 0.2) is 24.3 Å². The summed E-state index contributed by atoms with van der Waals surface area (Å²) in [5.74, 6) is 0.781. The zero-order chi connectivity index (χ0) is 20.5. The Labute approximate surface area is 174 Å². The van der Waals surface area contributed by atoms with Gasteiger partial charge in [-0.3, -0.25) is 4.79 Å². The molecule has 3 atom stereocenters. The molecule has 6 nitrogen and oxygen atoms in total. The van der Waals surface area contributed by atoms with E-state index < -0.39 is 0 Å². The monoisotopic (exact) mass is 418 g/mol. The van der Waals surface area contributed by atoms with E-state index >= 15 is 0 Å². The number of methoxy groups -OCH3 is 1. The number of halogens is 1. The average Bonchev–Trinajstić information content (AvgIpc) is 3.35. The van der Waals surface area contributed by atoms with Gasteiger partial charge in [0.25, 0.3) is 0 Å². The zero-order valence-electron chi connectivity index (χ0n) is 17.0. The van der Waals surface area contributed by atoms with Gasteiger partial charge in [-0.15, -0.1) is 10.2 Å². The molecule has 0 spiro atoms.